The van der Waals surface area contributed by atoms with Gasteiger partial charge in [-0.05, 0) is 36.8 Å². The van der Waals surface area contributed by atoms with E-state index in [1.165, 1.54) is 11.3 Å². The summed E-state index contributed by atoms with van der Waals surface area (Å²) in [5.41, 5.74) is 10.9. The number of amides is 2. The number of hydrogen-bond donors (Lipinski definition) is 3. The Balaban J connectivity index is 1.81. The number of thiazole rings is 1. The number of phenolic OH excluding ortho intramolecular Hbond substituents is 1. The number of carbonyl (C=O) groups excluding carboxylic acids is 1. The molecule has 6 nitrogen and oxygen atoms in total. The Morgan fingerprint density at radius 3 is 2.75 bits per heavy atom. The number of nitrogens with two attached hydrogens (primary N) is 1. The van der Waals surface area contributed by atoms with Crippen molar-refractivity contribution in [1.82, 2.24) is 15.2 Å². The first-order valence-electron chi connectivity index (χ1n) is 8.80. The van der Waals surface area contributed by atoms with E-state index >= 15 is 0 Å². The number of carbonyl (C=O) groups is 1. The van der Waals surface area contributed by atoms with Gasteiger partial charge in [0.2, 0.25) is 0 Å². The summed E-state index contributed by atoms with van der Waals surface area (Å²) < 4.78 is 0. The van der Waals surface area contributed by atoms with Gasteiger partial charge < -0.3 is 21.1 Å². The van der Waals surface area contributed by atoms with Crippen LogP contribution in [0, 0.1) is 0 Å². The van der Waals surface area contributed by atoms with Gasteiger partial charge in [0.15, 0.2) is 0 Å². The third kappa shape index (κ3) is 3.20. The molecule has 0 saturated heterocycles. The number of benzene rings is 2. The van der Waals surface area contributed by atoms with Crippen molar-refractivity contribution in [1.29, 1.82) is 0 Å². The number of phenols is 1. The lowest BCUT2D eigenvalue weighted by Gasteiger charge is -2.33. The van der Waals surface area contributed by atoms with Gasteiger partial charge in [-0.25, -0.2) is 9.78 Å². The lowest BCUT2D eigenvalue weighted by molar-refractivity contribution is 0.214. The highest BCUT2D eigenvalue weighted by Crippen LogP contribution is 2.39. The van der Waals surface area contributed by atoms with Crippen LogP contribution in [0.3, 0.4) is 0 Å². The van der Waals surface area contributed by atoms with Gasteiger partial charge in [-0.3, -0.25) is 0 Å². The summed E-state index contributed by atoms with van der Waals surface area (Å²) in [7, 11) is 1.73. The Morgan fingerprint density at radius 1 is 1.21 bits per heavy atom. The van der Waals surface area contributed by atoms with Crippen molar-refractivity contribution in [3.63, 3.8) is 0 Å². The molecule has 1 aliphatic rings. The summed E-state index contributed by atoms with van der Waals surface area (Å²) in [5, 5.41) is 15.7. The highest BCUT2D eigenvalue weighted by Gasteiger charge is 2.32. The Kier molecular flexibility index (Phi) is 4.52. The second-order valence-corrected chi connectivity index (χ2v) is 7.56. The maximum Gasteiger partial charge on any atom is 0.322 e. The zero-order valence-electron chi connectivity index (χ0n) is 15.5. The molecule has 2 amide bonds. The molecule has 4 N–H and O–H groups in total. The maximum absolute atomic E-state index is 12.4. The van der Waals surface area contributed by atoms with E-state index in [1.54, 1.807) is 30.1 Å². The Morgan fingerprint density at radius 2 is 2.00 bits per heavy atom. The second-order valence-electron chi connectivity index (χ2n) is 6.70. The molecular formula is C21H20N4O2S. The molecule has 3 aromatic rings. The molecule has 28 heavy (non-hydrogen) atoms. The summed E-state index contributed by atoms with van der Waals surface area (Å²) in [4.78, 5) is 18.8. The molecule has 2 aromatic carbocycles. The van der Waals surface area contributed by atoms with Crippen molar-refractivity contribution < 1.29 is 9.90 Å². The van der Waals surface area contributed by atoms with Crippen LogP contribution in [0.2, 0.25) is 0 Å². The van der Waals surface area contributed by atoms with Gasteiger partial charge >= 0.3 is 6.03 Å². The molecule has 0 radical (unpaired) electrons. The normalized spacial score (nSPS) is 17.0. The molecule has 1 atom stereocenters. The van der Waals surface area contributed by atoms with Gasteiger partial charge in [0, 0.05) is 34.9 Å². The number of allylic oxidation sites excluding steroid dienone is 1. The van der Waals surface area contributed by atoms with Crippen LogP contribution < -0.4 is 11.1 Å². The zero-order chi connectivity index (χ0) is 19.8. The van der Waals surface area contributed by atoms with Crippen molar-refractivity contribution in [2.45, 2.75) is 13.0 Å². The van der Waals surface area contributed by atoms with E-state index in [0.29, 0.717) is 5.69 Å². The van der Waals surface area contributed by atoms with E-state index in [2.05, 4.69) is 5.32 Å². The first-order valence-corrected chi connectivity index (χ1v) is 9.67. The minimum absolute atomic E-state index is 0.155. The molecule has 142 valence electrons. The summed E-state index contributed by atoms with van der Waals surface area (Å²) >= 11 is 1.52. The Bertz CT molecular complexity index is 1090. The van der Waals surface area contributed by atoms with Crippen LogP contribution in [0.5, 0.6) is 5.75 Å². The third-order valence-corrected chi connectivity index (χ3v) is 5.75. The fraction of sp³-hybridized carbons (Fsp3) is 0.143. The lowest BCUT2D eigenvalue weighted by Crippen LogP contribution is -2.44. The topological polar surface area (TPSA) is 91.5 Å². The van der Waals surface area contributed by atoms with Crippen LogP contribution in [-0.2, 0) is 0 Å². The first-order chi connectivity index (χ1) is 13.4. The average molecular weight is 392 g/mol. The van der Waals surface area contributed by atoms with Crippen LogP contribution in [0.1, 0.15) is 23.5 Å². The van der Waals surface area contributed by atoms with Crippen LogP contribution in [-0.4, -0.2) is 28.1 Å². The third-order valence-electron chi connectivity index (χ3n) is 4.87. The van der Waals surface area contributed by atoms with Crippen molar-refractivity contribution in [2.75, 3.05) is 12.8 Å². The van der Waals surface area contributed by atoms with Gasteiger partial charge in [0.25, 0.3) is 0 Å². The van der Waals surface area contributed by atoms with Gasteiger partial charge in [0.05, 0.1) is 11.7 Å². The predicted octanol–water partition coefficient (Wildman–Crippen LogP) is 4.23. The highest BCUT2D eigenvalue weighted by atomic mass is 32.1. The molecule has 1 aromatic heterocycles. The van der Waals surface area contributed by atoms with Crippen molar-refractivity contribution in [2.24, 2.45) is 0 Å². The first kappa shape index (κ1) is 18.1. The molecule has 0 spiro atoms. The molecule has 4 rings (SSSR count). The predicted molar refractivity (Wildman–Crippen MR) is 112 cm³/mol. The largest absolute Gasteiger partial charge is 0.508 e. The number of nitrogens with zero attached hydrogens (tertiary/aromatic N) is 2. The van der Waals surface area contributed by atoms with E-state index in [4.69, 9.17) is 10.7 Å². The SMILES string of the molecule is CC1=C(c2nc(-c3cccc(N)c3)cs2)C(c2cccc(O)c2)NC(=O)N1C. The fourth-order valence-corrected chi connectivity index (χ4v) is 4.25. The molecule has 0 saturated carbocycles. The molecule has 2 heterocycles. The number of anilines is 1. The minimum atomic E-state index is -0.393. The van der Waals surface area contributed by atoms with Crippen molar-refractivity contribution in [3.05, 3.63) is 70.2 Å². The summed E-state index contributed by atoms with van der Waals surface area (Å²) in [6, 6.07) is 13.9. The van der Waals surface area contributed by atoms with Crippen LogP contribution in [0.25, 0.3) is 16.8 Å². The summed E-state index contributed by atoms with van der Waals surface area (Å²) in [6.45, 7) is 1.91. The molecule has 1 unspecified atom stereocenters. The molecule has 0 bridgehead atoms. The van der Waals surface area contributed by atoms with Crippen LogP contribution >= 0.6 is 11.3 Å². The zero-order valence-corrected chi connectivity index (χ0v) is 16.3. The number of nitrogen functional groups attached to an aromatic ring is 1. The van der Waals surface area contributed by atoms with E-state index in [0.717, 1.165) is 33.1 Å². The standard InChI is InChI=1S/C21H20N4O2S/c1-12-18(20-23-17(11-28-20)13-5-3-7-15(22)9-13)19(24-21(27)25(12)2)14-6-4-8-16(26)10-14/h3-11,19,26H,22H2,1-2H3,(H,24,27). The number of rotatable bonds is 3. The Labute approximate surface area is 167 Å². The monoisotopic (exact) mass is 392 g/mol. The smallest absolute Gasteiger partial charge is 0.322 e. The molecule has 0 aliphatic carbocycles. The van der Waals surface area contributed by atoms with Crippen LogP contribution in [0.15, 0.2) is 59.6 Å². The van der Waals surface area contributed by atoms with E-state index in [9.17, 15) is 9.90 Å². The van der Waals surface area contributed by atoms with E-state index in [-0.39, 0.29) is 11.8 Å². The quantitative estimate of drug-likeness (QED) is 0.582. The number of aromatic hydroxyl groups is 1. The highest BCUT2D eigenvalue weighted by molar-refractivity contribution is 7.11. The fourth-order valence-electron chi connectivity index (χ4n) is 3.29. The Hall–Kier alpha value is -3.32. The van der Waals surface area contributed by atoms with E-state index in [1.807, 2.05) is 42.6 Å². The summed E-state index contributed by atoms with van der Waals surface area (Å²) in [6.07, 6.45) is 0. The molecule has 0 fully saturated rings. The number of hydrogen-bond acceptors (Lipinski definition) is 5. The number of nitrogens with one attached hydrogen (secondary N) is 1. The maximum atomic E-state index is 12.4. The molecular weight excluding hydrogens is 372 g/mol. The second kappa shape index (κ2) is 7.01. The summed E-state index contributed by atoms with van der Waals surface area (Å²) in [5.74, 6) is 0.155. The molecule has 1 aliphatic heterocycles. The van der Waals surface area contributed by atoms with Crippen LogP contribution in [0.4, 0.5) is 10.5 Å². The van der Waals surface area contributed by atoms with Gasteiger partial charge in [-0.1, -0.05) is 24.3 Å². The number of urea groups is 1. The van der Waals surface area contributed by atoms with Gasteiger partial charge in [-0.2, -0.15) is 0 Å². The average Bonchev–Trinajstić information content (AvgIpc) is 3.15. The van der Waals surface area contributed by atoms with Gasteiger partial charge in [0.1, 0.15) is 10.8 Å². The lowest BCUT2D eigenvalue weighted by atomic mass is 9.95. The number of aromatic nitrogens is 1. The van der Waals surface area contributed by atoms with Crippen molar-refractivity contribution >= 4 is 28.6 Å². The van der Waals surface area contributed by atoms with Gasteiger partial charge in [-0.15, -0.1) is 11.3 Å². The minimum Gasteiger partial charge on any atom is -0.508 e. The van der Waals surface area contributed by atoms with E-state index < -0.39 is 6.04 Å². The van der Waals surface area contributed by atoms with Crippen molar-refractivity contribution in [3.8, 4) is 17.0 Å². The molecule has 7 heteroatoms.